The molecule has 0 spiro atoms. The van der Waals surface area contributed by atoms with Crippen LogP contribution in [-0.2, 0) is 11.4 Å². The second-order valence-corrected chi connectivity index (χ2v) is 8.38. The highest BCUT2D eigenvalue weighted by atomic mass is 16.5. The summed E-state index contributed by atoms with van der Waals surface area (Å²) in [5.41, 5.74) is 3.56. The van der Waals surface area contributed by atoms with E-state index in [0.717, 1.165) is 22.4 Å². The standard InChI is InChI=1S/C24H32N4O3/c1-17(2)26-22(29)15-27-8-10-28(11-9-27)24(30)21-12-18(3)23(19(4)13-21)31-16-20-6-5-7-25-14-20/h5-7,12-14,17H,8-11,15-16H2,1-4H3,(H,26,29). The molecule has 7 heteroatoms. The monoisotopic (exact) mass is 424 g/mol. The first kappa shape index (κ1) is 22.7. The quantitative estimate of drug-likeness (QED) is 0.739. The molecule has 0 atom stereocenters. The molecule has 2 heterocycles. The van der Waals surface area contributed by atoms with Crippen LogP contribution in [0.3, 0.4) is 0 Å². The van der Waals surface area contributed by atoms with Crippen molar-refractivity contribution in [2.75, 3.05) is 32.7 Å². The number of benzene rings is 1. The van der Waals surface area contributed by atoms with Gasteiger partial charge in [-0.1, -0.05) is 6.07 Å². The summed E-state index contributed by atoms with van der Waals surface area (Å²) in [7, 11) is 0. The molecule has 1 aromatic carbocycles. The van der Waals surface area contributed by atoms with Crippen molar-refractivity contribution in [3.8, 4) is 5.75 Å². The topological polar surface area (TPSA) is 74.8 Å². The Morgan fingerprint density at radius 1 is 1.13 bits per heavy atom. The fourth-order valence-corrected chi connectivity index (χ4v) is 3.80. The zero-order valence-electron chi connectivity index (χ0n) is 18.9. The molecule has 0 unspecified atom stereocenters. The maximum absolute atomic E-state index is 13.0. The van der Waals surface area contributed by atoms with Gasteiger partial charge in [0.05, 0.1) is 6.54 Å². The number of ether oxygens (including phenoxy) is 1. The van der Waals surface area contributed by atoms with Crippen LogP contribution in [0, 0.1) is 13.8 Å². The van der Waals surface area contributed by atoms with E-state index in [-0.39, 0.29) is 17.9 Å². The second kappa shape index (κ2) is 10.4. The molecule has 3 rings (SSSR count). The highest BCUT2D eigenvalue weighted by molar-refractivity contribution is 5.95. The molecule has 2 aromatic rings. The Morgan fingerprint density at radius 2 is 1.81 bits per heavy atom. The summed E-state index contributed by atoms with van der Waals surface area (Å²) in [6, 6.07) is 7.79. The predicted molar refractivity (Wildman–Crippen MR) is 120 cm³/mol. The molecular formula is C24H32N4O3. The van der Waals surface area contributed by atoms with Crippen molar-refractivity contribution in [2.45, 2.75) is 40.3 Å². The highest BCUT2D eigenvalue weighted by Gasteiger charge is 2.24. The number of pyridine rings is 1. The van der Waals surface area contributed by atoms with E-state index in [4.69, 9.17) is 4.74 Å². The lowest BCUT2D eigenvalue weighted by Crippen LogP contribution is -2.51. The van der Waals surface area contributed by atoms with E-state index in [1.807, 2.05) is 56.9 Å². The van der Waals surface area contributed by atoms with Gasteiger partial charge in [-0.2, -0.15) is 0 Å². The van der Waals surface area contributed by atoms with Gasteiger partial charge in [-0.05, 0) is 57.0 Å². The van der Waals surface area contributed by atoms with Gasteiger partial charge >= 0.3 is 0 Å². The first-order valence-corrected chi connectivity index (χ1v) is 10.8. The summed E-state index contributed by atoms with van der Waals surface area (Å²) >= 11 is 0. The number of hydrogen-bond donors (Lipinski definition) is 1. The first-order chi connectivity index (χ1) is 14.8. The lowest BCUT2D eigenvalue weighted by atomic mass is 10.0. The van der Waals surface area contributed by atoms with Crippen LogP contribution in [0.15, 0.2) is 36.7 Å². The number of amides is 2. The molecule has 1 aliphatic heterocycles. The van der Waals surface area contributed by atoms with Crippen molar-refractivity contribution >= 4 is 11.8 Å². The number of hydrogen-bond acceptors (Lipinski definition) is 5. The van der Waals surface area contributed by atoms with Crippen molar-refractivity contribution in [1.82, 2.24) is 20.1 Å². The van der Waals surface area contributed by atoms with Gasteiger partial charge in [-0.3, -0.25) is 19.5 Å². The zero-order valence-corrected chi connectivity index (χ0v) is 18.9. The van der Waals surface area contributed by atoms with Gasteiger partial charge < -0.3 is 15.0 Å². The molecule has 0 radical (unpaired) electrons. The summed E-state index contributed by atoms with van der Waals surface area (Å²) in [4.78, 5) is 33.1. The Hall–Kier alpha value is -2.93. The molecule has 1 N–H and O–H groups in total. The Balaban J connectivity index is 1.58. The SMILES string of the molecule is Cc1cc(C(=O)N2CCN(CC(=O)NC(C)C)CC2)cc(C)c1OCc1cccnc1. The number of piperazine rings is 1. The van der Waals surface area contributed by atoms with E-state index in [2.05, 4.69) is 15.2 Å². The van der Waals surface area contributed by atoms with Gasteiger partial charge in [0, 0.05) is 55.7 Å². The summed E-state index contributed by atoms with van der Waals surface area (Å²) in [6.07, 6.45) is 3.52. The maximum atomic E-state index is 13.0. The number of aromatic nitrogens is 1. The number of carbonyl (C=O) groups excluding carboxylic acids is 2. The molecule has 2 amide bonds. The van der Waals surface area contributed by atoms with E-state index in [0.29, 0.717) is 44.9 Å². The average Bonchev–Trinajstić information content (AvgIpc) is 2.73. The van der Waals surface area contributed by atoms with Crippen molar-refractivity contribution in [1.29, 1.82) is 0 Å². The average molecular weight is 425 g/mol. The van der Waals surface area contributed by atoms with Crippen molar-refractivity contribution < 1.29 is 14.3 Å². The molecule has 166 valence electrons. The lowest BCUT2D eigenvalue weighted by Gasteiger charge is -2.34. The number of carbonyl (C=O) groups is 2. The minimum atomic E-state index is 0.0243. The van der Waals surface area contributed by atoms with Gasteiger partial charge in [-0.25, -0.2) is 0 Å². The van der Waals surface area contributed by atoms with Crippen molar-refractivity contribution in [2.24, 2.45) is 0 Å². The zero-order chi connectivity index (χ0) is 22.4. The second-order valence-electron chi connectivity index (χ2n) is 8.38. The number of nitrogens with zero attached hydrogens (tertiary/aromatic N) is 3. The maximum Gasteiger partial charge on any atom is 0.253 e. The summed E-state index contributed by atoms with van der Waals surface area (Å²) in [6.45, 7) is 11.3. The third kappa shape index (κ3) is 6.28. The van der Waals surface area contributed by atoms with Crippen LogP contribution in [-0.4, -0.2) is 65.4 Å². The van der Waals surface area contributed by atoms with E-state index in [9.17, 15) is 9.59 Å². The molecule has 0 aliphatic carbocycles. The van der Waals surface area contributed by atoms with E-state index >= 15 is 0 Å². The van der Waals surface area contributed by atoms with Crippen LogP contribution in [0.5, 0.6) is 5.75 Å². The van der Waals surface area contributed by atoms with Crippen LogP contribution in [0.1, 0.15) is 40.9 Å². The molecule has 0 saturated carbocycles. The summed E-state index contributed by atoms with van der Waals surface area (Å²) in [5, 5.41) is 2.91. The molecule has 1 saturated heterocycles. The number of rotatable bonds is 7. The molecule has 1 aromatic heterocycles. The molecule has 1 aliphatic rings. The minimum Gasteiger partial charge on any atom is -0.488 e. The molecule has 0 bridgehead atoms. The van der Waals surface area contributed by atoms with Crippen LogP contribution >= 0.6 is 0 Å². The van der Waals surface area contributed by atoms with Gasteiger partial charge in [0.15, 0.2) is 0 Å². The molecular weight excluding hydrogens is 392 g/mol. The first-order valence-electron chi connectivity index (χ1n) is 10.8. The fraction of sp³-hybridized carbons (Fsp3) is 0.458. The largest absolute Gasteiger partial charge is 0.488 e. The van der Waals surface area contributed by atoms with Gasteiger partial charge in [-0.15, -0.1) is 0 Å². The van der Waals surface area contributed by atoms with Gasteiger partial charge in [0.25, 0.3) is 5.91 Å². The summed E-state index contributed by atoms with van der Waals surface area (Å²) in [5.74, 6) is 0.862. The van der Waals surface area contributed by atoms with E-state index < -0.39 is 0 Å². The van der Waals surface area contributed by atoms with Crippen molar-refractivity contribution in [3.05, 3.63) is 58.9 Å². The van der Waals surface area contributed by atoms with E-state index in [1.165, 1.54) is 0 Å². The van der Waals surface area contributed by atoms with Crippen LogP contribution < -0.4 is 10.1 Å². The smallest absolute Gasteiger partial charge is 0.253 e. The van der Waals surface area contributed by atoms with Crippen LogP contribution in [0.25, 0.3) is 0 Å². The van der Waals surface area contributed by atoms with Crippen LogP contribution in [0.4, 0.5) is 0 Å². The van der Waals surface area contributed by atoms with Gasteiger partial charge in [0.1, 0.15) is 12.4 Å². The Bertz CT molecular complexity index is 883. The highest BCUT2D eigenvalue weighted by Crippen LogP contribution is 2.26. The summed E-state index contributed by atoms with van der Waals surface area (Å²) < 4.78 is 6.00. The Labute approximate surface area is 184 Å². The normalized spacial score (nSPS) is 14.5. The van der Waals surface area contributed by atoms with E-state index in [1.54, 1.807) is 12.4 Å². The Morgan fingerprint density at radius 3 is 2.39 bits per heavy atom. The molecule has 1 fully saturated rings. The van der Waals surface area contributed by atoms with Crippen LogP contribution in [0.2, 0.25) is 0 Å². The van der Waals surface area contributed by atoms with Crippen molar-refractivity contribution in [3.63, 3.8) is 0 Å². The number of aryl methyl sites for hydroxylation is 2. The third-order valence-electron chi connectivity index (χ3n) is 5.29. The third-order valence-corrected chi connectivity index (χ3v) is 5.29. The predicted octanol–water partition coefficient (Wildman–Crippen LogP) is 2.56. The van der Waals surface area contributed by atoms with Gasteiger partial charge in [0.2, 0.25) is 5.91 Å². The lowest BCUT2D eigenvalue weighted by molar-refractivity contribution is -0.123. The number of nitrogens with one attached hydrogen (secondary N) is 1. The minimum absolute atomic E-state index is 0.0243. The molecule has 7 nitrogen and oxygen atoms in total. The Kier molecular flexibility index (Phi) is 7.63. The fourth-order valence-electron chi connectivity index (χ4n) is 3.80. The molecule has 31 heavy (non-hydrogen) atoms.